The Balaban J connectivity index is 1.21. The molecule has 1 aliphatic carbocycles. The van der Waals surface area contributed by atoms with Gasteiger partial charge in [0.05, 0.1) is 0 Å². The van der Waals surface area contributed by atoms with Crippen LogP contribution in [0.5, 0.6) is 0 Å². The zero-order chi connectivity index (χ0) is 30.8. The first-order valence-electron chi connectivity index (χ1n) is 16.1. The van der Waals surface area contributed by atoms with Gasteiger partial charge >= 0.3 is 0 Å². The average molecular weight is 588 g/mol. The summed E-state index contributed by atoms with van der Waals surface area (Å²) >= 11 is 0. The van der Waals surface area contributed by atoms with E-state index in [0.717, 1.165) is 17.1 Å². The fourth-order valence-corrected chi connectivity index (χ4v) is 7.85. The van der Waals surface area contributed by atoms with Gasteiger partial charge in [-0.2, -0.15) is 0 Å². The van der Waals surface area contributed by atoms with Crippen molar-refractivity contribution in [2.75, 3.05) is 4.90 Å². The van der Waals surface area contributed by atoms with E-state index in [-0.39, 0.29) is 5.41 Å². The van der Waals surface area contributed by atoms with Crippen molar-refractivity contribution in [3.05, 3.63) is 175 Å². The SMILES string of the molecule is CC1(C)c2ccccc2-c2ccc3c(ccc4ccc5cc(N(c6ccccc6)c6ccc(-c7ccccc7)cc6)ccc5c43)c21. The Morgan fingerprint density at radius 2 is 1.00 bits per heavy atom. The van der Waals surface area contributed by atoms with Crippen LogP contribution in [0, 0.1) is 0 Å². The van der Waals surface area contributed by atoms with E-state index in [1.807, 2.05) is 0 Å². The van der Waals surface area contributed by atoms with E-state index in [4.69, 9.17) is 0 Å². The highest BCUT2D eigenvalue weighted by Gasteiger charge is 2.36. The van der Waals surface area contributed by atoms with Crippen LogP contribution < -0.4 is 4.90 Å². The van der Waals surface area contributed by atoms with Crippen molar-refractivity contribution in [3.63, 3.8) is 0 Å². The molecule has 46 heavy (non-hydrogen) atoms. The van der Waals surface area contributed by atoms with Crippen LogP contribution in [-0.4, -0.2) is 0 Å². The smallest absolute Gasteiger partial charge is 0.0468 e. The van der Waals surface area contributed by atoms with Crippen LogP contribution in [0.25, 0.3) is 54.6 Å². The summed E-state index contributed by atoms with van der Waals surface area (Å²) in [6.45, 7) is 4.75. The lowest BCUT2D eigenvalue weighted by atomic mass is 9.79. The third-order valence-corrected chi connectivity index (χ3v) is 10.0. The number of hydrogen-bond acceptors (Lipinski definition) is 1. The lowest BCUT2D eigenvalue weighted by molar-refractivity contribution is 0.666. The molecule has 1 heteroatoms. The van der Waals surface area contributed by atoms with E-state index < -0.39 is 0 Å². The highest BCUT2D eigenvalue weighted by atomic mass is 15.1. The molecule has 0 unspecified atom stereocenters. The maximum Gasteiger partial charge on any atom is 0.0468 e. The maximum atomic E-state index is 2.38. The fraction of sp³-hybridized carbons (Fsp3) is 0.0667. The highest BCUT2D eigenvalue weighted by Crippen LogP contribution is 2.52. The summed E-state index contributed by atoms with van der Waals surface area (Å²) in [6.07, 6.45) is 0. The van der Waals surface area contributed by atoms with Crippen molar-refractivity contribution in [2.45, 2.75) is 19.3 Å². The summed E-state index contributed by atoms with van der Waals surface area (Å²) in [7, 11) is 0. The van der Waals surface area contributed by atoms with Crippen LogP contribution in [0.4, 0.5) is 17.1 Å². The summed E-state index contributed by atoms with van der Waals surface area (Å²) < 4.78 is 0. The standard InChI is InChI=1S/C45H33N/c1-45(2)42-16-10-9-15-38(42)40-28-27-39-41(44(40)45)25-21-32-17-18-33-29-36(24-26-37(33)43(32)39)46(34-13-7-4-8-14-34)35-22-19-31(20-23-35)30-11-5-3-6-12-30/h3-29H,1-2H3. The molecule has 9 rings (SSSR count). The summed E-state index contributed by atoms with van der Waals surface area (Å²) in [5, 5.41) is 7.81. The Labute approximate surface area is 270 Å². The molecular weight excluding hydrogens is 555 g/mol. The molecule has 0 fully saturated rings. The van der Waals surface area contributed by atoms with E-state index in [0.29, 0.717) is 0 Å². The Bertz CT molecular complexity index is 2420. The summed E-state index contributed by atoms with van der Waals surface area (Å²) in [4.78, 5) is 2.36. The van der Waals surface area contributed by atoms with Crippen molar-refractivity contribution in [2.24, 2.45) is 0 Å². The second-order valence-electron chi connectivity index (χ2n) is 13.0. The van der Waals surface area contributed by atoms with Gasteiger partial charge in [0.25, 0.3) is 0 Å². The van der Waals surface area contributed by atoms with Gasteiger partial charge in [0.15, 0.2) is 0 Å². The molecule has 0 amide bonds. The van der Waals surface area contributed by atoms with Crippen LogP contribution in [0.3, 0.4) is 0 Å². The number of para-hydroxylation sites is 1. The first-order valence-corrected chi connectivity index (χ1v) is 16.1. The van der Waals surface area contributed by atoms with Crippen LogP contribution in [0.1, 0.15) is 25.0 Å². The molecule has 0 aromatic heterocycles. The number of rotatable bonds is 4. The van der Waals surface area contributed by atoms with Crippen LogP contribution >= 0.6 is 0 Å². The van der Waals surface area contributed by atoms with Gasteiger partial charge < -0.3 is 4.90 Å². The number of nitrogens with zero attached hydrogens (tertiary/aromatic N) is 1. The Hall–Kier alpha value is -5.66. The second kappa shape index (κ2) is 10.2. The van der Waals surface area contributed by atoms with Crippen molar-refractivity contribution < 1.29 is 0 Å². The molecule has 0 saturated heterocycles. The minimum Gasteiger partial charge on any atom is -0.310 e. The van der Waals surface area contributed by atoms with Crippen LogP contribution in [0.15, 0.2) is 164 Å². The van der Waals surface area contributed by atoms with Crippen molar-refractivity contribution >= 4 is 49.4 Å². The molecule has 0 bridgehead atoms. The first-order chi connectivity index (χ1) is 22.6. The van der Waals surface area contributed by atoms with E-state index in [1.54, 1.807) is 0 Å². The minimum atomic E-state index is -0.0525. The molecule has 0 saturated carbocycles. The van der Waals surface area contributed by atoms with Gasteiger partial charge in [-0.15, -0.1) is 0 Å². The van der Waals surface area contributed by atoms with Crippen molar-refractivity contribution in [1.82, 2.24) is 0 Å². The number of anilines is 3. The fourth-order valence-electron chi connectivity index (χ4n) is 7.85. The second-order valence-corrected chi connectivity index (χ2v) is 13.0. The molecule has 8 aromatic carbocycles. The molecule has 0 radical (unpaired) electrons. The summed E-state index contributed by atoms with van der Waals surface area (Å²) in [6, 6.07) is 59.9. The number of hydrogen-bond donors (Lipinski definition) is 0. The highest BCUT2D eigenvalue weighted by molar-refractivity contribution is 6.22. The average Bonchev–Trinajstić information content (AvgIpc) is 3.35. The van der Waals surface area contributed by atoms with E-state index in [2.05, 4.69) is 183 Å². The Kier molecular flexibility index (Phi) is 5.92. The topological polar surface area (TPSA) is 3.24 Å². The molecule has 0 aliphatic heterocycles. The summed E-state index contributed by atoms with van der Waals surface area (Å²) in [5.74, 6) is 0. The minimum absolute atomic E-state index is 0.0525. The lowest BCUT2D eigenvalue weighted by Crippen LogP contribution is -2.15. The van der Waals surface area contributed by atoms with E-state index in [1.165, 1.54) is 65.7 Å². The molecule has 8 aromatic rings. The van der Waals surface area contributed by atoms with Crippen molar-refractivity contribution in [1.29, 1.82) is 0 Å². The molecule has 1 nitrogen and oxygen atoms in total. The van der Waals surface area contributed by atoms with Gasteiger partial charge in [-0.25, -0.2) is 0 Å². The zero-order valence-corrected chi connectivity index (χ0v) is 26.0. The van der Waals surface area contributed by atoms with Gasteiger partial charge in [0.2, 0.25) is 0 Å². The zero-order valence-electron chi connectivity index (χ0n) is 26.0. The van der Waals surface area contributed by atoms with E-state index >= 15 is 0 Å². The number of benzene rings is 8. The molecular formula is C45H33N. The lowest BCUT2D eigenvalue weighted by Gasteiger charge is -2.26. The van der Waals surface area contributed by atoms with Gasteiger partial charge in [0, 0.05) is 22.5 Å². The largest absolute Gasteiger partial charge is 0.310 e. The van der Waals surface area contributed by atoms with Gasteiger partial charge in [-0.3, -0.25) is 0 Å². The van der Waals surface area contributed by atoms with Gasteiger partial charge in [0.1, 0.15) is 0 Å². The quantitative estimate of drug-likeness (QED) is 0.185. The molecule has 1 aliphatic rings. The van der Waals surface area contributed by atoms with Crippen LogP contribution in [-0.2, 0) is 5.41 Å². The third-order valence-electron chi connectivity index (χ3n) is 10.0. The first kappa shape index (κ1) is 26.7. The van der Waals surface area contributed by atoms with Gasteiger partial charge in [-0.05, 0) is 102 Å². The Morgan fingerprint density at radius 3 is 1.80 bits per heavy atom. The molecule has 0 N–H and O–H groups in total. The van der Waals surface area contributed by atoms with Crippen LogP contribution in [0.2, 0.25) is 0 Å². The molecule has 218 valence electrons. The molecule has 0 heterocycles. The predicted molar refractivity (Wildman–Crippen MR) is 197 cm³/mol. The third kappa shape index (κ3) is 4.02. The van der Waals surface area contributed by atoms with Crippen molar-refractivity contribution in [3.8, 4) is 22.3 Å². The predicted octanol–water partition coefficient (Wildman–Crippen LogP) is 12.6. The normalized spacial score (nSPS) is 13.2. The Morgan fingerprint density at radius 1 is 0.413 bits per heavy atom. The molecule has 0 atom stereocenters. The summed E-state index contributed by atoms with van der Waals surface area (Å²) in [5.41, 5.74) is 11.4. The number of fused-ring (bicyclic) bond motifs is 9. The molecule has 0 spiro atoms. The van der Waals surface area contributed by atoms with Gasteiger partial charge in [-0.1, -0.05) is 141 Å². The monoisotopic (exact) mass is 587 g/mol. The maximum absolute atomic E-state index is 2.38. The van der Waals surface area contributed by atoms with E-state index in [9.17, 15) is 0 Å².